The largest absolute Gasteiger partial charge is 0.477 e. The molecule has 0 aromatic rings. The summed E-state index contributed by atoms with van der Waals surface area (Å²) in [5.74, 6) is -4.71. The molecule has 2 heterocycles. The number of ether oxygens (including phenoxy) is 3. The van der Waals surface area contributed by atoms with Gasteiger partial charge in [-0.05, 0) is 0 Å². The third-order valence-corrected chi connectivity index (χ3v) is 4.59. The molecule has 2 rings (SSSR count). The van der Waals surface area contributed by atoms with Crippen LogP contribution in [-0.4, -0.2) is 126 Å². The Morgan fingerprint density at radius 3 is 2.22 bits per heavy atom. The van der Waals surface area contributed by atoms with Crippen molar-refractivity contribution in [1.82, 2.24) is 0 Å². The van der Waals surface area contributed by atoms with Crippen molar-refractivity contribution in [3.05, 3.63) is 0 Å². The second kappa shape index (κ2) is 8.59. The lowest BCUT2D eigenvalue weighted by molar-refractivity contribution is -0.349. The number of carboxylic acid groups (broad SMARTS) is 1. The molecule has 9 N–H and O–H groups in total. The number of aliphatic hydroxyl groups is 8. The van der Waals surface area contributed by atoms with Crippen LogP contribution in [-0.2, 0) is 19.0 Å². The smallest absolute Gasteiger partial charge is 0.364 e. The highest BCUT2D eigenvalue weighted by Gasteiger charge is 2.54. The molecule has 2 fully saturated rings. The zero-order chi connectivity index (χ0) is 20.5. The summed E-state index contributed by atoms with van der Waals surface area (Å²) in [5.41, 5.74) is 0. The molecule has 0 radical (unpaired) electrons. The Morgan fingerprint density at radius 1 is 1.07 bits per heavy atom. The first kappa shape index (κ1) is 22.3. The monoisotopic (exact) mass is 400 g/mol. The van der Waals surface area contributed by atoms with Gasteiger partial charge in [-0.2, -0.15) is 0 Å². The molecule has 27 heavy (non-hydrogen) atoms. The van der Waals surface area contributed by atoms with Gasteiger partial charge in [-0.25, -0.2) is 4.79 Å². The number of carboxylic acids is 1. The molecule has 1 unspecified atom stereocenters. The minimum Gasteiger partial charge on any atom is -0.477 e. The Morgan fingerprint density at radius 2 is 1.70 bits per heavy atom. The topological polar surface area (TPSA) is 227 Å². The fraction of sp³-hybridized carbons (Fsp3) is 0.929. The predicted molar refractivity (Wildman–Crippen MR) is 79.8 cm³/mol. The standard InChI is InChI=1S/C14H24O13/c15-2-5-8(19)9(20)10(21)12(25-5)26-6(3-16)11-7(18)4(17)1-14(24,27-11)13(22)23/h4-12,15-21,24H,1-3H2,(H,22,23)/t4-,5-,6-,7-,8+,9+,10-,11-,12-,14?/m1/s1. The molecule has 0 amide bonds. The average Bonchev–Trinajstić information content (AvgIpc) is 2.62. The van der Waals surface area contributed by atoms with Gasteiger partial charge in [-0.1, -0.05) is 0 Å². The lowest BCUT2D eigenvalue weighted by Crippen LogP contribution is -2.64. The summed E-state index contributed by atoms with van der Waals surface area (Å²) in [4.78, 5) is 11.2. The van der Waals surface area contributed by atoms with Crippen LogP contribution in [0.2, 0.25) is 0 Å². The molecule has 0 saturated carbocycles. The Labute approximate surface area is 152 Å². The van der Waals surface area contributed by atoms with Crippen LogP contribution < -0.4 is 0 Å². The van der Waals surface area contributed by atoms with Crippen molar-refractivity contribution in [1.29, 1.82) is 0 Å². The molecule has 0 aromatic heterocycles. The quantitative estimate of drug-likeness (QED) is 0.203. The van der Waals surface area contributed by atoms with E-state index in [1.807, 2.05) is 0 Å². The van der Waals surface area contributed by atoms with Crippen LogP contribution in [0.25, 0.3) is 0 Å². The molecule has 13 nitrogen and oxygen atoms in total. The van der Waals surface area contributed by atoms with E-state index in [1.54, 1.807) is 0 Å². The van der Waals surface area contributed by atoms with Crippen molar-refractivity contribution in [3.63, 3.8) is 0 Å². The van der Waals surface area contributed by atoms with Crippen LogP contribution in [0.15, 0.2) is 0 Å². The van der Waals surface area contributed by atoms with Gasteiger partial charge in [0.1, 0.15) is 42.7 Å². The molecule has 2 saturated heterocycles. The van der Waals surface area contributed by atoms with Gasteiger partial charge >= 0.3 is 5.97 Å². The van der Waals surface area contributed by atoms with Gasteiger partial charge in [0.15, 0.2) is 6.29 Å². The Kier molecular flexibility index (Phi) is 7.10. The maximum Gasteiger partial charge on any atom is 0.364 e. The summed E-state index contributed by atoms with van der Waals surface area (Å²) in [6.07, 6.45) is -16.0. The van der Waals surface area contributed by atoms with E-state index in [9.17, 15) is 40.5 Å². The summed E-state index contributed by atoms with van der Waals surface area (Å²) >= 11 is 0. The normalized spacial score (nSPS) is 46.8. The Bertz CT molecular complexity index is 515. The minimum absolute atomic E-state index is 0.741. The number of aliphatic hydroxyl groups excluding tert-OH is 7. The SMILES string of the molecule is O=C(O)C1(O)C[C@@H](O)[C@@H](O)[C@@H]([C@@H](CO)O[C@H]2O[C@H](CO)[C@H](O)[C@H](O)[C@H]2O)O1. The fourth-order valence-corrected chi connectivity index (χ4v) is 2.98. The zero-order valence-corrected chi connectivity index (χ0v) is 14.0. The summed E-state index contributed by atoms with van der Waals surface area (Å²) in [6.45, 7) is -1.67. The van der Waals surface area contributed by atoms with Crippen molar-refractivity contribution in [2.24, 2.45) is 0 Å². The van der Waals surface area contributed by atoms with Crippen LogP contribution in [0.1, 0.15) is 6.42 Å². The molecular weight excluding hydrogens is 376 g/mol. The minimum atomic E-state index is -2.87. The van der Waals surface area contributed by atoms with E-state index in [4.69, 9.17) is 24.4 Å². The second-order valence-electron chi connectivity index (χ2n) is 6.49. The average molecular weight is 400 g/mol. The van der Waals surface area contributed by atoms with Gasteiger partial charge in [0.2, 0.25) is 0 Å². The van der Waals surface area contributed by atoms with Crippen LogP contribution in [0.3, 0.4) is 0 Å². The van der Waals surface area contributed by atoms with E-state index in [0.717, 1.165) is 0 Å². The molecular formula is C14H24O13. The predicted octanol–water partition coefficient (Wildman–Crippen LogP) is -5.55. The molecule has 0 aromatic carbocycles. The fourth-order valence-electron chi connectivity index (χ4n) is 2.98. The third kappa shape index (κ3) is 4.38. The van der Waals surface area contributed by atoms with Crippen molar-refractivity contribution >= 4 is 5.97 Å². The van der Waals surface area contributed by atoms with Crippen molar-refractivity contribution in [2.75, 3.05) is 13.2 Å². The summed E-state index contributed by atoms with van der Waals surface area (Å²) in [6, 6.07) is 0. The molecule has 2 aliphatic heterocycles. The van der Waals surface area contributed by atoms with Crippen molar-refractivity contribution in [2.45, 2.75) is 67.3 Å². The highest BCUT2D eigenvalue weighted by atomic mass is 16.7. The molecule has 0 bridgehead atoms. The van der Waals surface area contributed by atoms with Gasteiger partial charge in [0, 0.05) is 6.42 Å². The van der Waals surface area contributed by atoms with E-state index >= 15 is 0 Å². The van der Waals surface area contributed by atoms with Crippen LogP contribution in [0.4, 0.5) is 0 Å². The van der Waals surface area contributed by atoms with E-state index in [0.29, 0.717) is 0 Å². The number of hydrogen-bond acceptors (Lipinski definition) is 12. The first-order valence-electron chi connectivity index (χ1n) is 8.12. The Hall–Kier alpha value is -0.970. The molecule has 13 heteroatoms. The van der Waals surface area contributed by atoms with Gasteiger partial charge in [0.25, 0.3) is 5.79 Å². The van der Waals surface area contributed by atoms with Gasteiger partial charge in [-0.15, -0.1) is 0 Å². The van der Waals surface area contributed by atoms with Gasteiger partial charge in [-0.3, -0.25) is 0 Å². The molecule has 10 atom stereocenters. The van der Waals surface area contributed by atoms with E-state index in [2.05, 4.69) is 0 Å². The van der Waals surface area contributed by atoms with E-state index in [-0.39, 0.29) is 0 Å². The van der Waals surface area contributed by atoms with Gasteiger partial charge in [0.05, 0.1) is 19.3 Å². The molecule has 158 valence electrons. The lowest BCUT2D eigenvalue weighted by atomic mass is 9.92. The molecule has 2 aliphatic rings. The maximum absolute atomic E-state index is 11.2. The first-order chi connectivity index (χ1) is 12.6. The van der Waals surface area contributed by atoms with E-state index in [1.165, 1.54) is 0 Å². The maximum atomic E-state index is 11.2. The number of aliphatic carboxylic acids is 1. The summed E-state index contributed by atoms with van der Waals surface area (Å²) in [5, 5.41) is 86.9. The molecule has 0 spiro atoms. The second-order valence-corrected chi connectivity index (χ2v) is 6.49. The van der Waals surface area contributed by atoms with Crippen molar-refractivity contribution in [3.8, 4) is 0 Å². The van der Waals surface area contributed by atoms with Crippen molar-refractivity contribution < 1.29 is 65.0 Å². The van der Waals surface area contributed by atoms with Crippen LogP contribution >= 0.6 is 0 Å². The van der Waals surface area contributed by atoms with Crippen LogP contribution in [0.5, 0.6) is 0 Å². The Balaban J connectivity index is 2.18. The number of hydrogen-bond donors (Lipinski definition) is 9. The third-order valence-electron chi connectivity index (χ3n) is 4.59. The van der Waals surface area contributed by atoms with E-state index < -0.39 is 86.5 Å². The first-order valence-corrected chi connectivity index (χ1v) is 8.12. The molecule has 0 aliphatic carbocycles. The highest BCUT2D eigenvalue weighted by molar-refractivity contribution is 5.75. The van der Waals surface area contributed by atoms with Crippen LogP contribution in [0, 0.1) is 0 Å². The number of rotatable bonds is 6. The van der Waals surface area contributed by atoms with Gasteiger partial charge < -0.3 is 60.2 Å². The lowest BCUT2D eigenvalue weighted by Gasteiger charge is -2.45. The summed E-state index contributed by atoms with van der Waals surface area (Å²) < 4.78 is 15.2. The zero-order valence-electron chi connectivity index (χ0n) is 14.0. The number of carbonyl (C=O) groups is 1. The highest BCUT2D eigenvalue weighted by Crippen LogP contribution is 2.32. The summed E-state index contributed by atoms with van der Waals surface area (Å²) in [7, 11) is 0.